The highest BCUT2D eigenvalue weighted by atomic mass is 19.1. The molecule has 3 aromatic rings. The number of aromatic nitrogens is 1. The summed E-state index contributed by atoms with van der Waals surface area (Å²) in [7, 11) is 6.75. The Kier molecular flexibility index (Phi) is 6.07. The molecule has 2 unspecified atom stereocenters. The molecule has 12 heteroatoms. The maximum atomic E-state index is 14.2. The minimum atomic E-state index is -2.68. The minimum absolute atomic E-state index is 0.0294. The number of halogens is 1. The van der Waals surface area contributed by atoms with Gasteiger partial charge in [0.2, 0.25) is 11.7 Å². The lowest BCUT2D eigenvalue weighted by Gasteiger charge is -2.50. The Bertz CT molecular complexity index is 1790. The normalized spacial score (nSPS) is 25.5. The number of aliphatic hydroxyl groups is 3. The van der Waals surface area contributed by atoms with E-state index in [0.29, 0.717) is 22.3 Å². The number of rotatable bonds is 4. The SMILES string of the molecule is CN(C)c1cc2nc(-c3cccc(F)c3)oc2c2c1CC1CC3[C@H](N(C)C)C(=O)C(C(N)=O)=C(O)[C@@]3(O)C(=O)C1=C2O. The zero-order valence-electron chi connectivity index (χ0n) is 23.3. The number of hydrogen-bond acceptors (Lipinski definition) is 10. The van der Waals surface area contributed by atoms with Gasteiger partial charge in [-0.2, -0.15) is 0 Å². The number of anilines is 1. The highest BCUT2D eigenvalue weighted by molar-refractivity contribution is 6.24. The molecule has 42 heavy (non-hydrogen) atoms. The number of Topliss-reactive ketones (excluding diaryl/α,β-unsaturated/α-hetero) is 2. The standard InChI is InChI=1S/C30H29FN4O7/c1-34(2)18-11-17-25(42-29(33-17)12-6-5-7-14(31)8-12)20-15(18)9-13-10-16-22(35(3)4)24(37)21(28(32)40)27(39)30(16,41)26(38)19(13)23(20)36/h5-8,11,13,16,22,36,39,41H,9-10H2,1-4H3,(H2,32,40)/t13?,16?,22-,30-/m0/s1. The van der Waals surface area contributed by atoms with E-state index in [0.717, 1.165) is 0 Å². The Morgan fingerprint density at radius 3 is 2.50 bits per heavy atom. The van der Waals surface area contributed by atoms with Gasteiger partial charge in [0.05, 0.1) is 11.6 Å². The van der Waals surface area contributed by atoms with E-state index < -0.39 is 63.9 Å². The summed E-state index contributed by atoms with van der Waals surface area (Å²) in [5.74, 6) is -6.84. The van der Waals surface area contributed by atoms with Crippen molar-refractivity contribution in [3.05, 3.63) is 64.2 Å². The molecule has 6 rings (SSSR count). The van der Waals surface area contributed by atoms with Crippen LogP contribution < -0.4 is 10.6 Å². The first-order valence-electron chi connectivity index (χ1n) is 13.3. The van der Waals surface area contributed by atoms with Gasteiger partial charge < -0.3 is 30.4 Å². The van der Waals surface area contributed by atoms with Gasteiger partial charge in [0.15, 0.2) is 17.0 Å². The molecule has 4 atom stereocenters. The van der Waals surface area contributed by atoms with Gasteiger partial charge in [-0.15, -0.1) is 0 Å². The number of benzene rings is 2. The average molecular weight is 577 g/mol. The Hall–Kier alpha value is -4.55. The molecule has 0 aliphatic heterocycles. The van der Waals surface area contributed by atoms with Gasteiger partial charge in [-0.05, 0) is 62.7 Å². The summed E-state index contributed by atoms with van der Waals surface area (Å²) in [6.45, 7) is 0. The Balaban J connectivity index is 1.61. The van der Waals surface area contributed by atoms with Crippen LogP contribution in [0.25, 0.3) is 28.3 Å². The number of carbonyl (C=O) groups is 3. The fraction of sp³-hybridized carbons (Fsp3) is 0.333. The Labute approximate surface area is 239 Å². The van der Waals surface area contributed by atoms with Crippen molar-refractivity contribution in [2.45, 2.75) is 24.5 Å². The van der Waals surface area contributed by atoms with E-state index in [4.69, 9.17) is 10.2 Å². The summed E-state index contributed by atoms with van der Waals surface area (Å²) in [5, 5.41) is 34.7. The van der Waals surface area contributed by atoms with Gasteiger partial charge in [-0.25, -0.2) is 9.37 Å². The molecule has 218 valence electrons. The summed E-state index contributed by atoms with van der Waals surface area (Å²) in [6, 6.07) is 6.32. The van der Waals surface area contributed by atoms with Crippen LogP contribution in [0.1, 0.15) is 17.5 Å². The molecule has 1 fully saturated rings. The van der Waals surface area contributed by atoms with Gasteiger partial charge in [0.1, 0.15) is 28.4 Å². The monoisotopic (exact) mass is 576 g/mol. The molecular formula is C30H29FN4O7. The van der Waals surface area contributed by atoms with Crippen LogP contribution in [0.3, 0.4) is 0 Å². The second-order valence-corrected chi connectivity index (χ2v) is 11.5. The van der Waals surface area contributed by atoms with E-state index in [1.54, 1.807) is 26.2 Å². The summed E-state index contributed by atoms with van der Waals surface area (Å²) < 4.78 is 20.0. The molecule has 3 aliphatic carbocycles. The number of primary amides is 1. The molecule has 11 nitrogen and oxygen atoms in total. The van der Waals surface area contributed by atoms with E-state index in [1.807, 2.05) is 19.0 Å². The van der Waals surface area contributed by atoms with Crippen molar-refractivity contribution in [2.24, 2.45) is 17.6 Å². The Morgan fingerprint density at radius 2 is 1.88 bits per heavy atom. The number of fused-ring (bicyclic) bond motifs is 5. The van der Waals surface area contributed by atoms with Crippen molar-refractivity contribution in [1.82, 2.24) is 9.88 Å². The summed E-state index contributed by atoms with van der Waals surface area (Å²) in [4.78, 5) is 47.5. The topological polar surface area (TPSA) is 170 Å². The highest BCUT2D eigenvalue weighted by Crippen LogP contribution is 2.53. The molecular weight excluding hydrogens is 547 g/mol. The first-order chi connectivity index (χ1) is 19.8. The van der Waals surface area contributed by atoms with Crippen molar-refractivity contribution >= 4 is 40.0 Å². The van der Waals surface area contributed by atoms with Gasteiger partial charge in [0.25, 0.3) is 5.91 Å². The van der Waals surface area contributed by atoms with Crippen molar-refractivity contribution in [2.75, 3.05) is 33.1 Å². The number of nitrogens with two attached hydrogens (primary N) is 1. The smallest absolute Gasteiger partial charge is 0.255 e. The third kappa shape index (κ3) is 3.64. The molecule has 1 aromatic heterocycles. The van der Waals surface area contributed by atoms with Crippen molar-refractivity contribution < 1.29 is 38.5 Å². The van der Waals surface area contributed by atoms with Crippen molar-refractivity contribution in [1.29, 1.82) is 0 Å². The number of carbonyl (C=O) groups excluding carboxylic acids is 3. The van der Waals surface area contributed by atoms with E-state index in [-0.39, 0.29) is 35.5 Å². The number of oxazole rings is 1. The largest absolute Gasteiger partial charge is 0.508 e. The van der Waals surface area contributed by atoms with Crippen LogP contribution in [0.2, 0.25) is 0 Å². The van der Waals surface area contributed by atoms with E-state index in [9.17, 15) is 34.1 Å². The van der Waals surface area contributed by atoms with Crippen LogP contribution in [-0.4, -0.2) is 82.5 Å². The highest BCUT2D eigenvalue weighted by Gasteiger charge is 2.64. The predicted octanol–water partition coefficient (Wildman–Crippen LogP) is 2.27. The fourth-order valence-electron chi connectivity index (χ4n) is 6.82. The first kappa shape index (κ1) is 27.6. The maximum absolute atomic E-state index is 14.2. The number of ketones is 2. The van der Waals surface area contributed by atoms with Crippen molar-refractivity contribution in [3.8, 4) is 11.5 Å². The molecule has 1 amide bonds. The fourth-order valence-corrected chi connectivity index (χ4v) is 6.82. The lowest BCUT2D eigenvalue weighted by atomic mass is 9.57. The molecule has 2 aromatic carbocycles. The molecule has 0 saturated heterocycles. The minimum Gasteiger partial charge on any atom is -0.508 e. The quantitative estimate of drug-likeness (QED) is 0.338. The van der Waals surface area contributed by atoms with Crippen LogP contribution in [-0.2, 0) is 20.8 Å². The van der Waals surface area contributed by atoms with Crippen LogP contribution in [0.15, 0.2) is 51.7 Å². The van der Waals surface area contributed by atoms with Crippen LogP contribution in [0, 0.1) is 17.7 Å². The van der Waals surface area contributed by atoms with Gasteiger partial charge in [0, 0.05) is 36.8 Å². The van der Waals surface area contributed by atoms with Gasteiger partial charge >= 0.3 is 0 Å². The second-order valence-electron chi connectivity index (χ2n) is 11.5. The van der Waals surface area contributed by atoms with Crippen LogP contribution >= 0.6 is 0 Å². The number of amides is 1. The lowest BCUT2D eigenvalue weighted by molar-refractivity contribution is -0.153. The third-order valence-corrected chi connectivity index (χ3v) is 8.63. The maximum Gasteiger partial charge on any atom is 0.255 e. The Morgan fingerprint density at radius 1 is 1.17 bits per heavy atom. The summed E-state index contributed by atoms with van der Waals surface area (Å²) >= 11 is 0. The predicted molar refractivity (Wildman–Crippen MR) is 150 cm³/mol. The molecule has 5 N–H and O–H groups in total. The number of likely N-dealkylation sites (N-methyl/N-ethyl adjacent to an activating group) is 1. The molecule has 3 aliphatic rings. The van der Waals surface area contributed by atoms with Crippen LogP contribution in [0.4, 0.5) is 10.1 Å². The van der Waals surface area contributed by atoms with Gasteiger partial charge in [-0.1, -0.05) is 6.07 Å². The summed E-state index contributed by atoms with van der Waals surface area (Å²) in [5.41, 5.74) is 4.10. The molecule has 0 bridgehead atoms. The zero-order valence-corrected chi connectivity index (χ0v) is 23.3. The second kappa shape index (κ2) is 9.23. The van der Waals surface area contributed by atoms with E-state index in [1.165, 1.54) is 23.1 Å². The lowest BCUT2D eigenvalue weighted by Crippen LogP contribution is -2.65. The summed E-state index contributed by atoms with van der Waals surface area (Å²) in [6.07, 6.45) is 0.260. The van der Waals surface area contributed by atoms with Crippen LogP contribution in [0.5, 0.6) is 0 Å². The molecule has 0 radical (unpaired) electrons. The van der Waals surface area contributed by atoms with Crippen molar-refractivity contribution in [3.63, 3.8) is 0 Å². The molecule has 0 spiro atoms. The van der Waals surface area contributed by atoms with E-state index >= 15 is 0 Å². The third-order valence-electron chi connectivity index (χ3n) is 8.63. The number of hydrogen-bond donors (Lipinski definition) is 4. The van der Waals surface area contributed by atoms with E-state index in [2.05, 4.69) is 4.98 Å². The zero-order chi connectivity index (χ0) is 30.4. The molecule has 1 saturated carbocycles. The first-order valence-corrected chi connectivity index (χ1v) is 13.3. The average Bonchev–Trinajstić information content (AvgIpc) is 3.34. The number of nitrogens with zero attached hydrogens (tertiary/aromatic N) is 3. The van der Waals surface area contributed by atoms with Gasteiger partial charge in [-0.3, -0.25) is 19.3 Å². The number of aliphatic hydroxyl groups excluding tert-OH is 2. The molecule has 1 heterocycles.